The number of ether oxygens (including phenoxy) is 1. The molecule has 0 spiro atoms. The number of benzene rings is 1. The zero-order valence-electron chi connectivity index (χ0n) is 13.7. The predicted octanol–water partition coefficient (Wildman–Crippen LogP) is 2.17. The van der Waals surface area contributed by atoms with E-state index >= 15 is 0 Å². The molecule has 1 aliphatic rings. The smallest absolute Gasteiger partial charge is 0.254 e. The molecule has 1 atom stereocenters. The van der Waals surface area contributed by atoms with Crippen LogP contribution in [0.4, 0.5) is 5.69 Å². The summed E-state index contributed by atoms with van der Waals surface area (Å²) >= 11 is 1.50. The molecule has 2 aromatic rings. The van der Waals surface area contributed by atoms with Gasteiger partial charge in [0.05, 0.1) is 6.61 Å². The lowest BCUT2D eigenvalue weighted by atomic mass is 10.2. The second kappa shape index (κ2) is 7.74. The van der Waals surface area contributed by atoms with Gasteiger partial charge in [0.25, 0.3) is 5.91 Å². The predicted molar refractivity (Wildman–Crippen MR) is 93.3 cm³/mol. The van der Waals surface area contributed by atoms with Crippen LogP contribution in [0.2, 0.25) is 0 Å². The molecule has 1 saturated heterocycles. The number of carbonyl (C=O) groups is 1. The summed E-state index contributed by atoms with van der Waals surface area (Å²) in [6.45, 7) is 5.81. The van der Waals surface area contributed by atoms with Crippen LogP contribution in [0, 0.1) is 13.8 Å². The Labute approximate surface area is 145 Å². The first-order chi connectivity index (χ1) is 11.6. The van der Waals surface area contributed by atoms with Crippen LogP contribution in [0.25, 0.3) is 0 Å². The first kappa shape index (κ1) is 16.9. The largest absolute Gasteiger partial charge is 0.366 e. The Morgan fingerprint density at radius 3 is 2.58 bits per heavy atom. The van der Waals surface area contributed by atoms with Gasteiger partial charge in [-0.2, -0.15) is 0 Å². The van der Waals surface area contributed by atoms with Crippen molar-refractivity contribution in [3.63, 3.8) is 0 Å². The summed E-state index contributed by atoms with van der Waals surface area (Å²) in [6, 6.07) is 9.59. The van der Waals surface area contributed by atoms with E-state index in [0.717, 1.165) is 33.7 Å². The fraction of sp³-hybridized carbons (Fsp3) is 0.353. The summed E-state index contributed by atoms with van der Waals surface area (Å²) in [5.41, 5.74) is 2.66. The number of nitrogens with one attached hydrogen (secondary N) is 2. The van der Waals surface area contributed by atoms with Crippen LogP contribution in [0.1, 0.15) is 11.4 Å². The molecular formula is C17H20N4O2S. The average Bonchev–Trinajstić information content (AvgIpc) is 2.56. The van der Waals surface area contributed by atoms with Gasteiger partial charge in [0.2, 0.25) is 0 Å². The third-order valence-electron chi connectivity index (χ3n) is 3.51. The molecule has 1 amide bonds. The Morgan fingerprint density at radius 2 is 1.96 bits per heavy atom. The Morgan fingerprint density at radius 1 is 1.25 bits per heavy atom. The zero-order chi connectivity index (χ0) is 16.9. The van der Waals surface area contributed by atoms with E-state index in [-0.39, 0.29) is 5.91 Å². The molecule has 0 aliphatic carbocycles. The number of rotatable bonds is 4. The van der Waals surface area contributed by atoms with E-state index in [0.29, 0.717) is 13.2 Å². The van der Waals surface area contributed by atoms with Gasteiger partial charge in [-0.1, -0.05) is 0 Å². The molecule has 2 N–H and O–H groups in total. The van der Waals surface area contributed by atoms with Crippen molar-refractivity contribution in [1.82, 2.24) is 15.3 Å². The highest BCUT2D eigenvalue weighted by Crippen LogP contribution is 2.26. The summed E-state index contributed by atoms with van der Waals surface area (Å²) < 4.78 is 5.44. The lowest BCUT2D eigenvalue weighted by Crippen LogP contribution is -2.45. The third-order valence-corrected chi connectivity index (χ3v) is 4.39. The molecule has 7 heteroatoms. The maximum absolute atomic E-state index is 12.1. The molecule has 1 aromatic carbocycles. The number of anilines is 1. The number of morpholine rings is 1. The molecule has 1 aromatic heterocycles. The molecule has 0 radical (unpaired) electrons. The topological polar surface area (TPSA) is 76.1 Å². The van der Waals surface area contributed by atoms with Crippen molar-refractivity contribution >= 4 is 23.4 Å². The molecule has 1 fully saturated rings. The molecule has 3 rings (SSSR count). The lowest BCUT2D eigenvalue weighted by Gasteiger charge is -2.22. The van der Waals surface area contributed by atoms with Crippen molar-refractivity contribution in [2.75, 3.05) is 25.0 Å². The Hall–Kier alpha value is -1.96. The summed E-state index contributed by atoms with van der Waals surface area (Å²) in [5.74, 6) is -0.125. The summed E-state index contributed by atoms with van der Waals surface area (Å²) in [6.07, 6.45) is -0.434. The molecule has 0 bridgehead atoms. The summed E-state index contributed by atoms with van der Waals surface area (Å²) in [5, 5.41) is 6.75. The van der Waals surface area contributed by atoms with E-state index in [4.69, 9.17) is 4.74 Å². The van der Waals surface area contributed by atoms with Crippen molar-refractivity contribution < 1.29 is 9.53 Å². The van der Waals surface area contributed by atoms with Crippen LogP contribution in [0.3, 0.4) is 0 Å². The second-order valence-corrected chi connectivity index (χ2v) is 6.65. The van der Waals surface area contributed by atoms with Crippen LogP contribution in [0.15, 0.2) is 40.4 Å². The summed E-state index contributed by atoms with van der Waals surface area (Å²) in [7, 11) is 0. The van der Waals surface area contributed by atoms with Gasteiger partial charge < -0.3 is 15.4 Å². The average molecular weight is 344 g/mol. The van der Waals surface area contributed by atoms with Crippen LogP contribution in [0.5, 0.6) is 0 Å². The lowest BCUT2D eigenvalue weighted by molar-refractivity contribution is -0.128. The van der Waals surface area contributed by atoms with Crippen LogP contribution in [-0.4, -0.2) is 41.7 Å². The van der Waals surface area contributed by atoms with Gasteiger partial charge in [-0.25, -0.2) is 9.97 Å². The van der Waals surface area contributed by atoms with Gasteiger partial charge in [0.15, 0.2) is 5.16 Å². The number of hydrogen-bond donors (Lipinski definition) is 2. The Kier molecular flexibility index (Phi) is 5.44. The zero-order valence-corrected chi connectivity index (χ0v) is 14.5. The molecule has 6 nitrogen and oxygen atoms in total. The minimum absolute atomic E-state index is 0.125. The first-order valence-electron chi connectivity index (χ1n) is 7.83. The van der Waals surface area contributed by atoms with Gasteiger partial charge in [0.1, 0.15) is 6.10 Å². The first-order valence-corrected chi connectivity index (χ1v) is 8.65. The maximum atomic E-state index is 12.1. The number of aromatic nitrogens is 2. The highest BCUT2D eigenvalue weighted by atomic mass is 32.2. The molecular weight excluding hydrogens is 324 g/mol. The van der Waals surface area contributed by atoms with Crippen LogP contribution >= 0.6 is 11.8 Å². The highest BCUT2D eigenvalue weighted by Gasteiger charge is 2.21. The molecule has 24 heavy (non-hydrogen) atoms. The van der Waals surface area contributed by atoms with Crippen molar-refractivity contribution in [2.24, 2.45) is 0 Å². The van der Waals surface area contributed by atoms with Gasteiger partial charge in [-0.15, -0.1) is 0 Å². The van der Waals surface area contributed by atoms with E-state index in [2.05, 4.69) is 20.6 Å². The number of amides is 1. The number of nitrogens with zero attached hydrogens (tertiary/aromatic N) is 2. The van der Waals surface area contributed by atoms with Gasteiger partial charge in [-0.05, 0) is 55.9 Å². The number of hydrogen-bond acceptors (Lipinski definition) is 6. The molecule has 2 heterocycles. The van der Waals surface area contributed by atoms with Crippen molar-refractivity contribution in [1.29, 1.82) is 0 Å². The van der Waals surface area contributed by atoms with Gasteiger partial charge in [-0.3, -0.25) is 4.79 Å². The standard InChI is InChI=1S/C17H20N4O2S/c1-11-9-12(2)20-17(19-11)24-14-5-3-13(4-6-14)21-16(22)15-10-18-7-8-23-15/h3-6,9,15,18H,7-8,10H2,1-2H3,(H,21,22). The van der Waals surface area contributed by atoms with Crippen molar-refractivity contribution in [3.05, 3.63) is 41.7 Å². The monoisotopic (exact) mass is 344 g/mol. The number of aryl methyl sites for hydroxylation is 2. The highest BCUT2D eigenvalue weighted by molar-refractivity contribution is 7.99. The van der Waals surface area contributed by atoms with Crippen LogP contribution < -0.4 is 10.6 Å². The van der Waals surface area contributed by atoms with E-state index in [1.165, 1.54) is 11.8 Å². The SMILES string of the molecule is Cc1cc(C)nc(Sc2ccc(NC(=O)C3CNCCO3)cc2)n1. The van der Waals surface area contributed by atoms with Crippen molar-refractivity contribution in [3.8, 4) is 0 Å². The minimum atomic E-state index is -0.434. The third kappa shape index (κ3) is 4.53. The summed E-state index contributed by atoms with van der Waals surface area (Å²) in [4.78, 5) is 22.0. The Bertz CT molecular complexity index is 695. The molecule has 1 aliphatic heterocycles. The fourth-order valence-electron chi connectivity index (χ4n) is 2.41. The minimum Gasteiger partial charge on any atom is -0.366 e. The van der Waals surface area contributed by atoms with Crippen molar-refractivity contribution in [2.45, 2.75) is 30.0 Å². The second-order valence-electron chi connectivity index (χ2n) is 5.61. The van der Waals surface area contributed by atoms with Crippen LogP contribution in [-0.2, 0) is 9.53 Å². The van der Waals surface area contributed by atoms with Gasteiger partial charge >= 0.3 is 0 Å². The molecule has 0 saturated carbocycles. The van der Waals surface area contributed by atoms with E-state index in [1.807, 2.05) is 44.2 Å². The maximum Gasteiger partial charge on any atom is 0.254 e. The number of carbonyl (C=O) groups excluding carboxylic acids is 1. The van der Waals surface area contributed by atoms with Gasteiger partial charge in [0, 0.05) is 35.1 Å². The normalized spacial score (nSPS) is 17.5. The molecule has 126 valence electrons. The Balaban J connectivity index is 1.61. The van der Waals surface area contributed by atoms with E-state index in [9.17, 15) is 4.79 Å². The quantitative estimate of drug-likeness (QED) is 0.828. The fourth-order valence-corrected chi connectivity index (χ4v) is 3.27. The van der Waals surface area contributed by atoms with E-state index in [1.54, 1.807) is 0 Å². The molecule has 1 unspecified atom stereocenters. The van der Waals surface area contributed by atoms with E-state index < -0.39 is 6.10 Å².